The maximum atomic E-state index is 12.8. The first-order valence-electron chi connectivity index (χ1n) is 7.49. The van der Waals surface area contributed by atoms with E-state index >= 15 is 0 Å². The van der Waals surface area contributed by atoms with Gasteiger partial charge in [-0.2, -0.15) is 4.31 Å². The Bertz CT molecular complexity index is 884. The van der Waals surface area contributed by atoms with E-state index in [-0.39, 0.29) is 23.0 Å². The van der Waals surface area contributed by atoms with E-state index in [9.17, 15) is 18.5 Å². The molecule has 25 heavy (non-hydrogen) atoms. The number of pyridine rings is 1. The minimum atomic E-state index is -3.97. The quantitative estimate of drug-likeness (QED) is 0.593. The smallest absolute Gasteiger partial charge is 0.290 e. The number of halogens is 1. The van der Waals surface area contributed by atoms with Crippen LogP contribution in [0, 0.1) is 10.1 Å². The Hall–Kier alpha value is -2.23. The van der Waals surface area contributed by atoms with Crippen molar-refractivity contribution in [1.82, 2.24) is 9.29 Å². The van der Waals surface area contributed by atoms with Crippen molar-refractivity contribution in [2.24, 2.45) is 0 Å². The van der Waals surface area contributed by atoms with Crippen LogP contribution < -0.4 is 4.90 Å². The number of nitro groups is 1. The number of hydrogen-bond donors (Lipinski definition) is 0. The van der Waals surface area contributed by atoms with Crippen molar-refractivity contribution in [3.8, 4) is 0 Å². The lowest BCUT2D eigenvalue weighted by Crippen LogP contribution is -2.49. The fourth-order valence-corrected chi connectivity index (χ4v) is 4.42. The monoisotopic (exact) mass is 382 g/mol. The van der Waals surface area contributed by atoms with Gasteiger partial charge in [0, 0.05) is 43.5 Å². The molecule has 0 saturated carbocycles. The van der Waals surface area contributed by atoms with Gasteiger partial charge in [0.2, 0.25) is 10.0 Å². The molecule has 1 aliphatic heterocycles. The molecule has 2 heterocycles. The molecule has 0 spiro atoms. The molecule has 1 aromatic carbocycles. The number of benzene rings is 1. The Morgan fingerprint density at radius 1 is 1.12 bits per heavy atom. The highest BCUT2D eigenvalue weighted by Gasteiger charge is 2.34. The Kier molecular flexibility index (Phi) is 4.89. The summed E-state index contributed by atoms with van der Waals surface area (Å²) in [5.41, 5.74) is -0.514. The van der Waals surface area contributed by atoms with Crippen LogP contribution in [-0.2, 0) is 10.0 Å². The van der Waals surface area contributed by atoms with Gasteiger partial charge in [0.25, 0.3) is 5.69 Å². The van der Waals surface area contributed by atoms with Gasteiger partial charge < -0.3 is 4.90 Å². The molecule has 0 aliphatic carbocycles. The number of sulfonamides is 1. The van der Waals surface area contributed by atoms with E-state index in [1.807, 2.05) is 23.1 Å². The number of hydrogen-bond acceptors (Lipinski definition) is 6. The molecule has 0 atom stereocenters. The van der Waals surface area contributed by atoms with Crippen molar-refractivity contribution in [2.45, 2.75) is 4.90 Å². The SMILES string of the molecule is O=[N+]([O-])c1cc(Cl)ccc1S(=O)(=O)N1CCN(c2ccccn2)CC1. The molecular weight excluding hydrogens is 368 g/mol. The van der Waals surface area contributed by atoms with Crippen LogP contribution >= 0.6 is 11.6 Å². The zero-order chi connectivity index (χ0) is 18.0. The molecular formula is C15H15ClN4O4S. The second-order valence-corrected chi connectivity index (χ2v) is 7.79. The second kappa shape index (κ2) is 6.95. The molecule has 0 radical (unpaired) electrons. The highest BCUT2D eigenvalue weighted by Crippen LogP contribution is 2.30. The lowest BCUT2D eigenvalue weighted by atomic mass is 10.3. The van der Waals surface area contributed by atoms with E-state index in [4.69, 9.17) is 11.6 Å². The summed E-state index contributed by atoms with van der Waals surface area (Å²) in [6, 6.07) is 9.10. The Labute approximate surface area is 149 Å². The van der Waals surface area contributed by atoms with Crippen molar-refractivity contribution in [3.05, 3.63) is 57.7 Å². The predicted molar refractivity (Wildman–Crippen MR) is 93.3 cm³/mol. The third kappa shape index (κ3) is 3.58. The normalized spacial score (nSPS) is 16.0. The summed E-state index contributed by atoms with van der Waals surface area (Å²) in [7, 11) is -3.97. The van der Waals surface area contributed by atoms with E-state index in [1.165, 1.54) is 16.4 Å². The molecule has 10 heteroatoms. The van der Waals surface area contributed by atoms with E-state index in [2.05, 4.69) is 4.98 Å². The summed E-state index contributed by atoms with van der Waals surface area (Å²) in [5.74, 6) is 0.775. The average Bonchev–Trinajstić information content (AvgIpc) is 2.62. The number of nitrogens with zero attached hydrogens (tertiary/aromatic N) is 4. The molecule has 0 N–H and O–H groups in total. The molecule has 132 valence electrons. The first-order valence-corrected chi connectivity index (χ1v) is 9.31. The molecule has 0 unspecified atom stereocenters. The molecule has 0 bridgehead atoms. The van der Waals surface area contributed by atoms with Crippen LogP contribution in [0.1, 0.15) is 0 Å². The number of anilines is 1. The third-order valence-corrected chi connectivity index (χ3v) is 6.13. The van der Waals surface area contributed by atoms with Crippen LogP contribution in [0.15, 0.2) is 47.5 Å². The Morgan fingerprint density at radius 3 is 2.44 bits per heavy atom. The van der Waals surface area contributed by atoms with Crippen molar-refractivity contribution in [3.63, 3.8) is 0 Å². The summed E-state index contributed by atoms with van der Waals surface area (Å²) in [5, 5.41) is 11.3. The number of rotatable bonds is 4. The van der Waals surface area contributed by atoms with E-state index < -0.39 is 20.6 Å². The Morgan fingerprint density at radius 2 is 1.84 bits per heavy atom. The summed E-state index contributed by atoms with van der Waals surface area (Å²) in [6.45, 7) is 1.35. The van der Waals surface area contributed by atoms with Crippen LogP contribution in [0.5, 0.6) is 0 Å². The van der Waals surface area contributed by atoms with Gasteiger partial charge in [-0.15, -0.1) is 0 Å². The summed E-state index contributed by atoms with van der Waals surface area (Å²) in [6.07, 6.45) is 1.68. The highest BCUT2D eigenvalue weighted by molar-refractivity contribution is 7.89. The minimum absolute atomic E-state index is 0.116. The third-order valence-electron chi connectivity index (χ3n) is 3.95. The molecule has 2 aromatic rings. The Balaban J connectivity index is 1.82. The van der Waals surface area contributed by atoms with Crippen molar-refractivity contribution in [1.29, 1.82) is 0 Å². The summed E-state index contributed by atoms with van der Waals surface area (Å²) >= 11 is 5.76. The van der Waals surface area contributed by atoms with Gasteiger partial charge in [-0.05, 0) is 24.3 Å². The lowest BCUT2D eigenvalue weighted by molar-refractivity contribution is -0.387. The molecule has 1 saturated heterocycles. The van der Waals surface area contributed by atoms with Crippen molar-refractivity contribution < 1.29 is 13.3 Å². The van der Waals surface area contributed by atoms with Gasteiger partial charge in [0.05, 0.1) is 4.92 Å². The molecule has 3 rings (SSSR count). The van der Waals surface area contributed by atoms with Crippen molar-refractivity contribution >= 4 is 33.1 Å². The molecule has 1 aromatic heterocycles. The highest BCUT2D eigenvalue weighted by atomic mass is 35.5. The predicted octanol–water partition coefficient (Wildman–Crippen LogP) is 2.15. The van der Waals surface area contributed by atoms with Gasteiger partial charge in [0.1, 0.15) is 5.82 Å². The van der Waals surface area contributed by atoms with Crippen LogP contribution in [0.25, 0.3) is 0 Å². The van der Waals surface area contributed by atoms with Gasteiger partial charge in [0.15, 0.2) is 4.90 Å². The first-order chi connectivity index (χ1) is 11.9. The standard InChI is InChI=1S/C15H15ClN4O4S/c16-12-4-5-14(13(11-12)20(21)22)25(23,24)19-9-7-18(8-10-19)15-3-1-2-6-17-15/h1-6,11H,7-10H2. The molecule has 0 amide bonds. The maximum absolute atomic E-state index is 12.8. The zero-order valence-corrected chi connectivity index (χ0v) is 14.7. The maximum Gasteiger partial charge on any atom is 0.290 e. The van der Waals surface area contributed by atoms with Gasteiger partial charge >= 0.3 is 0 Å². The van der Waals surface area contributed by atoms with Crippen LogP contribution in [-0.4, -0.2) is 48.8 Å². The summed E-state index contributed by atoms with van der Waals surface area (Å²) < 4.78 is 26.9. The van der Waals surface area contributed by atoms with Gasteiger partial charge in [-0.1, -0.05) is 17.7 Å². The van der Waals surface area contributed by atoms with E-state index in [0.29, 0.717) is 13.1 Å². The number of aromatic nitrogens is 1. The van der Waals surface area contributed by atoms with Crippen LogP contribution in [0.2, 0.25) is 5.02 Å². The van der Waals surface area contributed by atoms with Crippen LogP contribution in [0.3, 0.4) is 0 Å². The number of nitro benzene ring substituents is 1. The van der Waals surface area contributed by atoms with E-state index in [1.54, 1.807) is 6.20 Å². The minimum Gasteiger partial charge on any atom is -0.354 e. The average molecular weight is 383 g/mol. The fourth-order valence-electron chi connectivity index (χ4n) is 2.69. The topological polar surface area (TPSA) is 96.6 Å². The number of piperazine rings is 1. The molecule has 1 aliphatic rings. The molecule has 1 fully saturated rings. The first kappa shape index (κ1) is 17.6. The van der Waals surface area contributed by atoms with Gasteiger partial charge in [-0.25, -0.2) is 13.4 Å². The van der Waals surface area contributed by atoms with E-state index in [0.717, 1.165) is 11.9 Å². The fraction of sp³-hybridized carbons (Fsp3) is 0.267. The van der Waals surface area contributed by atoms with Crippen molar-refractivity contribution in [2.75, 3.05) is 31.1 Å². The van der Waals surface area contributed by atoms with Gasteiger partial charge in [-0.3, -0.25) is 10.1 Å². The zero-order valence-electron chi connectivity index (χ0n) is 13.1. The second-order valence-electron chi connectivity index (χ2n) is 5.45. The van der Waals surface area contributed by atoms with Crippen LogP contribution in [0.4, 0.5) is 11.5 Å². The summed E-state index contributed by atoms with van der Waals surface area (Å²) in [4.78, 5) is 16.3. The molecule has 8 nitrogen and oxygen atoms in total. The lowest BCUT2D eigenvalue weighted by Gasteiger charge is -2.34. The largest absolute Gasteiger partial charge is 0.354 e.